The number of nitrogens with zero attached hydrogens (tertiary/aromatic N) is 3. The lowest BCUT2D eigenvalue weighted by Gasteiger charge is -2.37. The molecule has 0 N–H and O–H groups in total. The van der Waals surface area contributed by atoms with E-state index in [1.807, 2.05) is 31.2 Å². The third-order valence-electron chi connectivity index (χ3n) is 8.37. The summed E-state index contributed by atoms with van der Waals surface area (Å²) in [5, 5.41) is 0.455. The van der Waals surface area contributed by atoms with Crippen LogP contribution < -0.4 is 9.47 Å². The molecule has 1 saturated heterocycles. The van der Waals surface area contributed by atoms with E-state index in [2.05, 4.69) is 94.5 Å². The van der Waals surface area contributed by atoms with Crippen molar-refractivity contribution in [3.05, 3.63) is 148 Å². The Bertz CT molecular complexity index is 1790. The number of pyridine rings is 1. The van der Waals surface area contributed by atoms with Crippen molar-refractivity contribution in [1.29, 1.82) is 0 Å². The monoisotopic (exact) mass is 643 g/mol. The Labute approximate surface area is 281 Å². The molecule has 4 aromatic carbocycles. The predicted octanol–water partition coefficient (Wildman–Crippen LogP) is 8.75. The van der Waals surface area contributed by atoms with Gasteiger partial charge in [0, 0.05) is 50.6 Å². The Morgan fingerprint density at radius 1 is 0.830 bits per heavy atom. The SMILES string of the molecule is Cc1ccc(COc2ccc(Oc3c(C)cc(/C(=C/C=O)N4CCN(Cc5ccc(-c6ccccc6)cc5)CC4)cc3Cl)nc2)cc1. The average Bonchev–Trinajstić information content (AvgIpc) is 3.10. The second-order valence-corrected chi connectivity index (χ2v) is 12.2. The highest BCUT2D eigenvalue weighted by Gasteiger charge is 2.22. The Morgan fingerprint density at radius 2 is 1.53 bits per heavy atom. The molecule has 47 heavy (non-hydrogen) atoms. The van der Waals surface area contributed by atoms with Gasteiger partial charge in [0.15, 0.2) is 5.75 Å². The fraction of sp³-hybridized carbons (Fsp3) is 0.200. The maximum absolute atomic E-state index is 11.7. The zero-order valence-corrected chi connectivity index (χ0v) is 27.5. The fourth-order valence-corrected chi connectivity index (χ4v) is 6.07. The van der Waals surface area contributed by atoms with Crippen molar-refractivity contribution in [2.24, 2.45) is 0 Å². The lowest BCUT2D eigenvalue weighted by molar-refractivity contribution is -0.104. The number of piperazine rings is 1. The first kappa shape index (κ1) is 32.0. The van der Waals surface area contributed by atoms with Crippen LogP contribution in [0.4, 0.5) is 0 Å². The molecule has 6 nitrogen and oxygen atoms in total. The Hall–Kier alpha value is -4.91. The molecule has 0 spiro atoms. The first-order chi connectivity index (χ1) is 22.9. The second-order valence-electron chi connectivity index (χ2n) is 11.8. The number of ether oxygens (including phenoxy) is 2. The molecule has 0 atom stereocenters. The average molecular weight is 644 g/mol. The van der Waals surface area contributed by atoms with Gasteiger partial charge in [-0.3, -0.25) is 9.69 Å². The minimum Gasteiger partial charge on any atom is -0.487 e. The van der Waals surface area contributed by atoms with Crippen molar-refractivity contribution >= 4 is 23.6 Å². The van der Waals surface area contributed by atoms with E-state index in [1.165, 1.54) is 22.3 Å². The fourth-order valence-electron chi connectivity index (χ4n) is 5.76. The summed E-state index contributed by atoms with van der Waals surface area (Å²) in [4.78, 5) is 20.9. The van der Waals surface area contributed by atoms with Crippen molar-refractivity contribution < 1.29 is 14.3 Å². The number of halogens is 1. The highest BCUT2D eigenvalue weighted by atomic mass is 35.5. The van der Waals surface area contributed by atoms with Gasteiger partial charge < -0.3 is 14.4 Å². The van der Waals surface area contributed by atoms with Gasteiger partial charge in [0.2, 0.25) is 5.88 Å². The summed E-state index contributed by atoms with van der Waals surface area (Å²) in [5.41, 5.74) is 8.63. The maximum atomic E-state index is 11.7. The highest BCUT2D eigenvalue weighted by Crippen LogP contribution is 2.36. The number of aldehydes is 1. The normalized spacial score (nSPS) is 13.8. The summed E-state index contributed by atoms with van der Waals surface area (Å²) >= 11 is 6.77. The third kappa shape index (κ3) is 8.28. The van der Waals surface area contributed by atoms with Gasteiger partial charge in [0.1, 0.15) is 18.6 Å². The zero-order valence-electron chi connectivity index (χ0n) is 26.7. The third-order valence-corrected chi connectivity index (χ3v) is 8.65. The second kappa shape index (κ2) is 15.1. The number of carbonyl (C=O) groups excluding carboxylic acids is 1. The van der Waals surface area contributed by atoms with Crippen LogP contribution in [-0.2, 0) is 17.9 Å². The van der Waals surface area contributed by atoms with Gasteiger partial charge in [-0.2, -0.15) is 0 Å². The van der Waals surface area contributed by atoms with Crippen LogP contribution in [-0.4, -0.2) is 47.2 Å². The van der Waals surface area contributed by atoms with Crippen LogP contribution in [0.25, 0.3) is 16.8 Å². The van der Waals surface area contributed by atoms with Crippen LogP contribution >= 0.6 is 11.6 Å². The highest BCUT2D eigenvalue weighted by molar-refractivity contribution is 6.32. The molecule has 1 aliphatic rings. The molecule has 2 heterocycles. The van der Waals surface area contributed by atoms with Gasteiger partial charge in [-0.25, -0.2) is 4.98 Å². The first-order valence-corrected chi connectivity index (χ1v) is 16.2. The molecule has 0 unspecified atom stereocenters. The van der Waals surface area contributed by atoms with Crippen molar-refractivity contribution in [1.82, 2.24) is 14.8 Å². The molecule has 5 aromatic rings. The van der Waals surface area contributed by atoms with E-state index in [9.17, 15) is 4.79 Å². The number of hydrogen-bond donors (Lipinski definition) is 0. The number of carbonyl (C=O) groups is 1. The number of allylic oxidation sites excluding steroid dienone is 1. The van der Waals surface area contributed by atoms with E-state index in [1.54, 1.807) is 18.3 Å². The molecule has 1 aliphatic heterocycles. The number of aromatic nitrogens is 1. The van der Waals surface area contributed by atoms with Crippen LogP contribution in [0, 0.1) is 13.8 Å². The number of aryl methyl sites for hydroxylation is 2. The number of benzene rings is 4. The van der Waals surface area contributed by atoms with Gasteiger partial charge in [0.25, 0.3) is 0 Å². The summed E-state index contributed by atoms with van der Waals surface area (Å²) < 4.78 is 12.0. The summed E-state index contributed by atoms with van der Waals surface area (Å²) in [6.45, 7) is 8.75. The van der Waals surface area contributed by atoms with Crippen molar-refractivity contribution in [2.45, 2.75) is 27.0 Å². The van der Waals surface area contributed by atoms with Crippen LogP contribution in [0.2, 0.25) is 5.02 Å². The quantitative estimate of drug-likeness (QED) is 0.106. The molecule has 0 amide bonds. The van der Waals surface area contributed by atoms with Gasteiger partial charge in [0.05, 0.1) is 11.2 Å². The smallest absolute Gasteiger partial charge is 0.219 e. The molecule has 238 valence electrons. The zero-order chi connectivity index (χ0) is 32.6. The lowest BCUT2D eigenvalue weighted by Crippen LogP contribution is -2.45. The first-order valence-electron chi connectivity index (χ1n) is 15.8. The van der Waals surface area contributed by atoms with Crippen LogP contribution in [0.3, 0.4) is 0 Å². The van der Waals surface area contributed by atoms with E-state index < -0.39 is 0 Å². The van der Waals surface area contributed by atoms with Gasteiger partial charge in [-0.1, -0.05) is 96.0 Å². The van der Waals surface area contributed by atoms with E-state index in [-0.39, 0.29) is 0 Å². The van der Waals surface area contributed by atoms with Crippen LogP contribution in [0.15, 0.2) is 115 Å². The summed E-state index contributed by atoms with van der Waals surface area (Å²) in [7, 11) is 0. The molecular formula is C40H38ClN3O3. The summed E-state index contributed by atoms with van der Waals surface area (Å²) in [5.74, 6) is 1.60. The number of rotatable bonds is 11. The standard InChI is InChI=1S/C40H38ClN3O3/c1-29-8-10-32(11-9-29)28-46-36-16-17-39(42-26-36)47-40-30(2)24-35(25-37(40)41)38(18-23-45)44-21-19-43(20-22-44)27-31-12-14-34(15-13-31)33-6-4-3-5-7-33/h3-18,23-26H,19-22,27-28H2,1-2H3/b38-18-. The largest absolute Gasteiger partial charge is 0.487 e. The van der Waals surface area contributed by atoms with Crippen molar-refractivity contribution in [2.75, 3.05) is 26.2 Å². The molecule has 0 radical (unpaired) electrons. The van der Waals surface area contributed by atoms with Crippen LogP contribution in [0.5, 0.6) is 17.4 Å². The molecule has 0 saturated carbocycles. The van der Waals surface area contributed by atoms with E-state index in [4.69, 9.17) is 21.1 Å². The molecule has 6 rings (SSSR count). The Kier molecular flexibility index (Phi) is 10.3. The van der Waals surface area contributed by atoms with Crippen LogP contribution in [0.1, 0.15) is 27.8 Å². The maximum Gasteiger partial charge on any atom is 0.219 e. The number of hydrogen-bond acceptors (Lipinski definition) is 6. The molecular weight excluding hydrogens is 606 g/mol. The Morgan fingerprint density at radius 3 is 2.19 bits per heavy atom. The van der Waals surface area contributed by atoms with Gasteiger partial charge in [-0.15, -0.1) is 0 Å². The van der Waals surface area contributed by atoms with E-state index in [0.29, 0.717) is 29.0 Å². The molecule has 0 bridgehead atoms. The molecule has 7 heteroatoms. The summed E-state index contributed by atoms with van der Waals surface area (Å²) in [6, 6.07) is 35.0. The molecule has 0 aliphatic carbocycles. The molecule has 1 aromatic heterocycles. The van der Waals surface area contributed by atoms with Crippen molar-refractivity contribution in [3.8, 4) is 28.5 Å². The van der Waals surface area contributed by atoms with Gasteiger partial charge >= 0.3 is 0 Å². The topological polar surface area (TPSA) is 54.9 Å². The molecule has 1 fully saturated rings. The Balaban J connectivity index is 1.06. The predicted molar refractivity (Wildman–Crippen MR) is 189 cm³/mol. The van der Waals surface area contributed by atoms with Gasteiger partial charge in [-0.05, 0) is 65.4 Å². The van der Waals surface area contributed by atoms with Crippen molar-refractivity contribution in [3.63, 3.8) is 0 Å². The summed E-state index contributed by atoms with van der Waals surface area (Å²) in [6.07, 6.45) is 4.11. The lowest BCUT2D eigenvalue weighted by atomic mass is 10.0. The van der Waals surface area contributed by atoms with E-state index >= 15 is 0 Å². The van der Waals surface area contributed by atoms with E-state index in [0.717, 1.165) is 61.4 Å². The minimum atomic E-state index is 0.417. The minimum absolute atomic E-state index is 0.417.